The fourth-order valence-corrected chi connectivity index (χ4v) is 4.32. The summed E-state index contributed by atoms with van der Waals surface area (Å²) in [6.07, 6.45) is 1.13. The molecule has 0 unspecified atom stereocenters. The molecule has 0 atom stereocenters. The molecule has 0 aliphatic rings. The van der Waals surface area contributed by atoms with E-state index in [0.29, 0.717) is 22.7 Å². The highest BCUT2D eigenvalue weighted by Gasteiger charge is 2.18. The Morgan fingerprint density at radius 2 is 1.74 bits per heavy atom. The number of aromatic carboxylic acids is 1. The van der Waals surface area contributed by atoms with Gasteiger partial charge < -0.3 is 14.4 Å². The number of carboxylic acids is 1. The Labute approximate surface area is 196 Å². The third-order valence-electron chi connectivity index (χ3n) is 5.39. The van der Waals surface area contributed by atoms with Crippen LogP contribution in [0.2, 0.25) is 0 Å². The summed E-state index contributed by atoms with van der Waals surface area (Å²) in [5.41, 5.74) is 3.49. The van der Waals surface area contributed by atoms with Crippen LogP contribution in [0, 0.1) is 12.7 Å². The topological polar surface area (TPSA) is 85.6 Å². The predicted molar refractivity (Wildman–Crippen MR) is 127 cm³/mol. The van der Waals surface area contributed by atoms with Crippen LogP contribution >= 0.6 is 0 Å². The second-order valence-corrected chi connectivity index (χ2v) is 9.91. The number of ether oxygens (including phenoxy) is 1. The lowest BCUT2D eigenvalue weighted by atomic mass is 10.1. The number of carbonyl (C=O) groups is 1. The highest BCUT2D eigenvalue weighted by molar-refractivity contribution is 7.90. The van der Waals surface area contributed by atoms with E-state index in [4.69, 9.17) is 4.74 Å². The monoisotopic (exact) mass is 479 g/mol. The summed E-state index contributed by atoms with van der Waals surface area (Å²) in [6.45, 7) is 2.02. The second kappa shape index (κ2) is 9.15. The quantitative estimate of drug-likeness (QED) is 0.390. The van der Waals surface area contributed by atoms with Crippen molar-refractivity contribution in [3.05, 3.63) is 102 Å². The fourth-order valence-electron chi connectivity index (χ4n) is 3.68. The number of hydrogen-bond donors (Lipinski definition) is 1. The van der Waals surface area contributed by atoms with Crippen LogP contribution in [0.5, 0.6) is 5.75 Å². The number of rotatable bonds is 7. The van der Waals surface area contributed by atoms with Crippen molar-refractivity contribution in [2.24, 2.45) is 0 Å². The summed E-state index contributed by atoms with van der Waals surface area (Å²) < 4.78 is 45.6. The molecule has 0 saturated carbocycles. The van der Waals surface area contributed by atoms with Crippen molar-refractivity contribution in [1.29, 1.82) is 0 Å². The predicted octanol–water partition coefficient (Wildman–Crippen LogP) is 5.27. The molecule has 1 heterocycles. The number of halogens is 1. The average Bonchev–Trinajstić information content (AvgIpc) is 3.19. The van der Waals surface area contributed by atoms with E-state index >= 15 is 0 Å². The van der Waals surface area contributed by atoms with E-state index < -0.39 is 15.8 Å². The Morgan fingerprint density at radius 1 is 1.00 bits per heavy atom. The van der Waals surface area contributed by atoms with Gasteiger partial charge in [0.25, 0.3) is 0 Å². The molecule has 0 amide bonds. The van der Waals surface area contributed by atoms with E-state index in [1.165, 1.54) is 24.3 Å². The Kier molecular flexibility index (Phi) is 6.26. The third-order valence-corrected chi connectivity index (χ3v) is 6.50. The van der Waals surface area contributed by atoms with E-state index in [1.807, 2.05) is 23.6 Å². The highest BCUT2D eigenvalue weighted by Crippen LogP contribution is 2.36. The number of hydrogen-bond acceptors (Lipinski definition) is 4. The minimum Gasteiger partial charge on any atom is -0.488 e. The van der Waals surface area contributed by atoms with Crippen LogP contribution in [0.25, 0.3) is 16.9 Å². The van der Waals surface area contributed by atoms with Crippen molar-refractivity contribution >= 4 is 15.8 Å². The van der Waals surface area contributed by atoms with Crippen LogP contribution in [0.15, 0.2) is 83.8 Å². The molecule has 34 heavy (non-hydrogen) atoms. The van der Waals surface area contributed by atoms with Gasteiger partial charge in [-0.2, -0.15) is 0 Å². The zero-order chi connectivity index (χ0) is 24.5. The van der Waals surface area contributed by atoms with Crippen molar-refractivity contribution < 1.29 is 27.4 Å². The van der Waals surface area contributed by atoms with Crippen LogP contribution in [0.3, 0.4) is 0 Å². The maximum absolute atomic E-state index is 13.2. The van der Waals surface area contributed by atoms with Gasteiger partial charge in [-0.25, -0.2) is 17.6 Å². The van der Waals surface area contributed by atoms with Crippen molar-refractivity contribution in [3.8, 4) is 22.7 Å². The number of aromatic nitrogens is 1. The summed E-state index contributed by atoms with van der Waals surface area (Å²) in [6, 6.07) is 20.7. The van der Waals surface area contributed by atoms with E-state index in [0.717, 1.165) is 17.5 Å². The molecule has 8 heteroatoms. The lowest BCUT2D eigenvalue weighted by Crippen LogP contribution is -2.05. The molecule has 0 radical (unpaired) electrons. The van der Waals surface area contributed by atoms with Crippen LogP contribution in [0.1, 0.15) is 21.6 Å². The molecular formula is C26H22FNO5S. The Balaban J connectivity index is 1.84. The van der Waals surface area contributed by atoms with Crippen LogP contribution < -0.4 is 4.74 Å². The number of sulfone groups is 1. The molecule has 0 spiro atoms. The van der Waals surface area contributed by atoms with Crippen LogP contribution in [-0.2, 0) is 16.4 Å². The van der Waals surface area contributed by atoms with Gasteiger partial charge >= 0.3 is 5.97 Å². The molecule has 6 nitrogen and oxygen atoms in total. The van der Waals surface area contributed by atoms with Gasteiger partial charge in [-0.05, 0) is 73.2 Å². The van der Waals surface area contributed by atoms with Gasteiger partial charge in [0.2, 0.25) is 0 Å². The van der Waals surface area contributed by atoms with Crippen molar-refractivity contribution in [2.75, 3.05) is 6.26 Å². The molecule has 4 rings (SSSR count). The van der Waals surface area contributed by atoms with E-state index in [-0.39, 0.29) is 22.9 Å². The first kappa shape index (κ1) is 23.3. The molecule has 0 fully saturated rings. The molecule has 1 N–H and O–H groups in total. The maximum atomic E-state index is 13.2. The number of nitrogens with zero attached hydrogens (tertiary/aromatic N) is 1. The van der Waals surface area contributed by atoms with Crippen LogP contribution in [-0.4, -0.2) is 30.3 Å². The number of aryl methyl sites for hydroxylation is 1. The van der Waals surface area contributed by atoms with Gasteiger partial charge in [-0.3, -0.25) is 0 Å². The lowest BCUT2D eigenvalue weighted by molar-refractivity contribution is 0.0697. The smallest absolute Gasteiger partial charge is 0.335 e. The van der Waals surface area contributed by atoms with Crippen molar-refractivity contribution in [3.63, 3.8) is 0 Å². The van der Waals surface area contributed by atoms with Crippen molar-refractivity contribution in [2.45, 2.75) is 18.4 Å². The highest BCUT2D eigenvalue weighted by atomic mass is 32.2. The molecule has 0 saturated heterocycles. The summed E-state index contributed by atoms with van der Waals surface area (Å²) in [5.74, 6) is -0.958. The van der Waals surface area contributed by atoms with Crippen molar-refractivity contribution in [1.82, 2.24) is 4.57 Å². The Bertz CT molecular complexity index is 1470. The third kappa shape index (κ3) is 4.87. The summed E-state index contributed by atoms with van der Waals surface area (Å²) >= 11 is 0. The molecule has 1 aromatic heterocycles. The van der Waals surface area contributed by atoms with Gasteiger partial charge in [0.15, 0.2) is 9.84 Å². The maximum Gasteiger partial charge on any atom is 0.335 e. The molecule has 3 aromatic carbocycles. The largest absolute Gasteiger partial charge is 0.488 e. The Hall–Kier alpha value is -3.91. The minimum absolute atomic E-state index is 0.126. The van der Waals surface area contributed by atoms with E-state index in [1.54, 1.807) is 42.5 Å². The van der Waals surface area contributed by atoms with Crippen LogP contribution in [0.4, 0.5) is 4.39 Å². The first-order chi connectivity index (χ1) is 16.1. The Morgan fingerprint density at radius 3 is 2.41 bits per heavy atom. The zero-order valence-corrected chi connectivity index (χ0v) is 19.3. The second-order valence-electron chi connectivity index (χ2n) is 7.90. The van der Waals surface area contributed by atoms with E-state index in [9.17, 15) is 22.7 Å². The SMILES string of the molecule is Cc1ccc(-c2cc(S(C)(=O)=O)ccc2OCc2ccc(F)cc2)n1-c1cccc(C(=O)O)c1. The molecule has 174 valence electrons. The number of benzene rings is 3. The zero-order valence-electron chi connectivity index (χ0n) is 18.5. The summed E-state index contributed by atoms with van der Waals surface area (Å²) in [5, 5.41) is 9.41. The molecular weight excluding hydrogens is 457 g/mol. The summed E-state index contributed by atoms with van der Waals surface area (Å²) in [4.78, 5) is 11.6. The molecule has 0 aliphatic heterocycles. The van der Waals surface area contributed by atoms with E-state index in [2.05, 4.69) is 0 Å². The normalized spacial score (nSPS) is 11.4. The molecule has 4 aromatic rings. The van der Waals surface area contributed by atoms with Gasteiger partial charge in [0.1, 0.15) is 18.2 Å². The van der Waals surface area contributed by atoms with Gasteiger partial charge in [-0.15, -0.1) is 0 Å². The minimum atomic E-state index is -3.49. The lowest BCUT2D eigenvalue weighted by Gasteiger charge is -2.17. The number of carboxylic acid groups (broad SMARTS) is 1. The average molecular weight is 480 g/mol. The first-order valence-corrected chi connectivity index (χ1v) is 12.3. The van der Waals surface area contributed by atoms with Gasteiger partial charge in [-0.1, -0.05) is 18.2 Å². The van der Waals surface area contributed by atoms with Gasteiger partial charge in [0, 0.05) is 23.2 Å². The van der Waals surface area contributed by atoms with Gasteiger partial charge in [0.05, 0.1) is 16.2 Å². The molecule has 0 aliphatic carbocycles. The summed E-state index contributed by atoms with van der Waals surface area (Å²) in [7, 11) is -3.49. The fraction of sp³-hybridized carbons (Fsp3) is 0.115. The molecule has 0 bridgehead atoms. The standard InChI is InChI=1S/C26H22FNO5S/c1-17-6-12-24(28(17)21-5-3-4-19(14-21)26(29)30)23-15-22(34(2,31)32)11-13-25(23)33-16-18-7-9-20(27)10-8-18/h3-15H,16H2,1-2H3,(H,29,30). The first-order valence-electron chi connectivity index (χ1n) is 10.4.